The molecule has 0 aliphatic heterocycles. The van der Waals surface area contributed by atoms with Gasteiger partial charge in [0, 0.05) is 23.5 Å². The molecule has 3 rings (SSSR count). The molecule has 1 atom stereocenters. The number of aliphatic carboxylic acids is 1. The largest absolute Gasteiger partial charge is 0.479 e. The van der Waals surface area contributed by atoms with Crippen molar-refractivity contribution in [2.45, 2.75) is 13.0 Å². The number of nitrogens with zero attached hydrogens (tertiary/aromatic N) is 1. The highest BCUT2D eigenvalue weighted by Crippen LogP contribution is 2.34. The number of aryl methyl sites for hydroxylation is 1. The van der Waals surface area contributed by atoms with Crippen LogP contribution in [-0.2, 0) is 11.8 Å². The Morgan fingerprint density at radius 2 is 1.82 bits per heavy atom. The van der Waals surface area contributed by atoms with Crippen LogP contribution in [0.3, 0.4) is 0 Å². The highest BCUT2D eigenvalue weighted by atomic mass is 16.5. The van der Waals surface area contributed by atoms with Crippen LogP contribution in [-0.4, -0.2) is 21.7 Å². The number of para-hydroxylation sites is 2. The van der Waals surface area contributed by atoms with Crippen LogP contribution >= 0.6 is 0 Å². The van der Waals surface area contributed by atoms with E-state index in [1.165, 1.54) is 6.92 Å². The van der Waals surface area contributed by atoms with Gasteiger partial charge in [0.15, 0.2) is 6.10 Å². The molecule has 3 aromatic rings. The van der Waals surface area contributed by atoms with E-state index in [9.17, 15) is 4.79 Å². The molecule has 0 bridgehead atoms. The number of carboxylic acid groups (broad SMARTS) is 1. The van der Waals surface area contributed by atoms with E-state index in [2.05, 4.69) is 22.8 Å². The van der Waals surface area contributed by atoms with Crippen LogP contribution in [0.4, 0.5) is 0 Å². The van der Waals surface area contributed by atoms with Gasteiger partial charge >= 0.3 is 5.97 Å². The number of carboxylic acids is 1. The Bertz CT molecular complexity index is 835. The molecule has 1 unspecified atom stereocenters. The molecule has 2 aromatic carbocycles. The first-order valence-electron chi connectivity index (χ1n) is 7.11. The van der Waals surface area contributed by atoms with Crippen LogP contribution in [0.5, 0.6) is 5.75 Å². The van der Waals surface area contributed by atoms with Crippen molar-refractivity contribution >= 4 is 16.9 Å². The average Bonchev–Trinajstić information content (AvgIpc) is 2.85. The van der Waals surface area contributed by atoms with Crippen LogP contribution in [0.2, 0.25) is 0 Å². The molecule has 0 fully saturated rings. The molecular formula is C18H17NO3. The normalized spacial score (nSPS) is 12.3. The molecule has 4 nitrogen and oxygen atoms in total. The van der Waals surface area contributed by atoms with Crippen molar-refractivity contribution < 1.29 is 14.6 Å². The maximum absolute atomic E-state index is 11.0. The van der Waals surface area contributed by atoms with Crippen molar-refractivity contribution in [1.82, 2.24) is 4.57 Å². The zero-order valence-corrected chi connectivity index (χ0v) is 12.5. The Hall–Kier alpha value is -2.75. The number of rotatable bonds is 4. The number of benzene rings is 2. The van der Waals surface area contributed by atoms with Gasteiger partial charge in [-0.05, 0) is 31.2 Å². The first kappa shape index (κ1) is 14.2. The number of fused-ring (bicyclic) bond motifs is 1. The van der Waals surface area contributed by atoms with E-state index in [-0.39, 0.29) is 0 Å². The highest BCUT2D eigenvalue weighted by molar-refractivity contribution is 5.88. The average molecular weight is 295 g/mol. The molecule has 4 heteroatoms. The summed E-state index contributed by atoms with van der Waals surface area (Å²) in [4.78, 5) is 11.0. The summed E-state index contributed by atoms with van der Waals surface area (Å²) in [6.45, 7) is 1.53. The Balaban J connectivity index is 2.11. The third kappa shape index (κ3) is 2.44. The summed E-state index contributed by atoms with van der Waals surface area (Å²) in [6, 6.07) is 17.7. The van der Waals surface area contributed by atoms with Crippen LogP contribution in [0.1, 0.15) is 6.92 Å². The number of carbonyl (C=O) groups is 1. The standard InChI is InChI=1S/C18H17NO3/c1-12(18(20)21)22-17-10-6-4-8-14(17)16-11-13-7-3-5-9-15(13)19(16)2/h3-12H,1-2H3,(H,20,21). The summed E-state index contributed by atoms with van der Waals surface area (Å²) in [5, 5.41) is 10.2. The van der Waals surface area contributed by atoms with E-state index in [1.807, 2.05) is 37.4 Å². The van der Waals surface area contributed by atoms with Gasteiger partial charge in [-0.3, -0.25) is 0 Å². The van der Waals surface area contributed by atoms with Crippen LogP contribution < -0.4 is 4.74 Å². The molecule has 0 radical (unpaired) electrons. The second kappa shape index (κ2) is 5.56. The molecule has 0 spiro atoms. The molecule has 0 saturated heterocycles. The van der Waals surface area contributed by atoms with E-state index in [0.29, 0.717) is 5.75 Å². The predicted octanol–water partition coefficient (Wildman–Crippen LogP) is 3.70. The van der Waals surface area contributed by atoms with Gasteiger partial charge in [0.1, 0.15) is 5.75 Å². The van der Waals surface area contributed by atoms with Gasteiger partial charge in [0.05, 0.1) is 5.69 Å². The van der Waals surface area contributed by atoms with Crippen molar-refractivity contribution in [3.8, 4) is 17.0 Å². The monoisotopic (exact) mass is 295 g/mol. The molecule has 0 amide bonds. The lowest BCUT2D eigenvalue weighted by atomic mass is 10.1. The molecule has 0 saturated carbocycles. The number of aromatic nitrogens is 1. The van der Waals surface area contributed by atoms with Crippen molar-refractivity contribution in [2.24, 2.45) is 7.05 Å². The van der Waals surface area contributed by atoms with Gasteiger partial charge < -0.3 is 14.4 Å². The van der Waals surface area contributed by atoms with Crippen LogP contribution in [0.25, 0.3) is 22.2 Å². The molecule has 22 heavy (non-hydrogen) atoms. The van der Waals surface area contributed by atoms with Gasteiger partial charge in [-0.2, -0.15) is 0 Å². The van der Waals surface area contributed by atoms with Crippen molar-refractivity contribution in [3.63, 3.8) is 0 Å². The van der Waals surface area contributed by atoms with Gasteiger partial charge in [-0.15, -0.1) is 0 Å². The second-order valence-corrected chi connectivity index (χ2v) is 5.24. The van der Waals surface area contributed by atoms with E-state index in [1.54, 1.807) is 6.07 Å². The van der Waals surface area contributed by atoms with Gasteiger partial charge in [0.25, 0.3) is 0 Å². The summed E-state index contributed by atoms with van der Waals surface area (Å²) in [7, 11) is 2.00. The lowest BCUT2D eigenvalue weighted by Crippen LogP contribution is -2.23. The number of hydrogen-bond donors (Lipinski definition) is 1. The zero-order chi connectivity index (χ0) is 15.7. The fraction of sp³-hybridized carbons (Fsp3) is 0.167. The number of hydrogen-bond acceptors (Lipinski definition) is 2. The lowest BCUT2D eigenvalue weighted by molar-refractivity contribution is -0.144. The van der Waals surface area contributed by atoms with Gasteiger partial charge in [-0.1, -0.05) is 30.3 Å². The van der Waals surface area contributed by atoms with Crippen LogP contribution in [0, 0.1) is 0 Å². The minimum Gasteiger partial charge on any atom is -0.479 e. The summed E-state index contributed by atoms with van der Waals surface area (Å²) in [5.74, 6) is -0.407. The Kier molecular flexibility index (Phi) is 3.59. The Labute approximate surface area is 128 Å². The third-order valence-corrected chi connectivity index (χ3v) is 3.77. The molecule has 1 heterocycles. The maximum Gasteiger partial charge on any atom is 0.344 e. The quantitative estimate of drug-likeness (QED) is 0.798. The summed E-state index contributed by atoms with van der Waals surface area (Å²) < 4.78 is 7.69. The molecule has 0 aliphatic carbocycles. The van der Waals surface area contributed by atoms with Crippen molar-refractivity contribution in [2.75, 3.05) is 0 Å². The van der Waals surface area contributed by atoms with Crippen molar-refractivity contribution in [3.05, 3.63) is 54.6 Å². The minimum atomic E-state index is -0.980. The summed E-state index contributed by atoms with van der Waals surface area (Å²) in [6.07, 6.45) is -0.893. The third-order valence-electron chi connectivity index (χ3n) is 3.77. The fourth-order valence-electron chi connectivity index (χ4n) is 2.57. The van der Waals surface area contributed by atoms with Gasteiger partial charge in [-0.25, -0.2) is 4.79 Å². The number of ether oxygens (including phenoxy) is 1. The van der Waals surface area contributed by atoms with Gasteiger partial charge in [0.2, 0.25) is 0 Å². The maximum atomic E-state index is 11.0. The fourth-order valence-corrected chi connectivity index (χ4v) is 2.57. The molecule has 1 aromatic heterocycles. The highest BCUT2D eigenvalue weighted by Gasteiger charge is 2.17. The molecule has 1 N–H and O–H groups in total. The Morgan fingerprint density at radius 1 is 1.14 bits per heavy atom. The molecule has 112 valence electrons. The molecule has 0 aliphatic rings. The SMILES string of the molecule is CC(Oc1ccccc1-c1cc2ccccc2n1C)C(=O)O. The van der Waals surface area contributed by atoms with E-state index in [4.69, 9.17) is 9.84 Å². The smallest absolute Gasteiger partial charge is 0.344 e. The van der Waals surface area contributed by atoms with Crippen LogP contribution in [0.15, 0.2) is 54.6 Å². The van der Waals surface area contributed by atoms with E-state index >= 15 is 0 Å². The lowest BCUT2D eigenvalue weighted by Gasteiger charge is -2.15. The van der Waals surface area contributed by atoms with Crippen molar-refractivity contribution in [1.29, 1.82) is 0 Å². The predicted molar refractivity (Wildman–Crippen MR) is 86.1 cm³/mol. The Morgan fingerprint density at radius 3 is 2.55 bits per heavy atom. The zero-order valence-electron chi connectivity index (χ0n) is 12.5. The minimum absolute atomic E-state index is 0.573. The summed E-state index contributed by atoms with van der Waals surface area (Å²) >= 11 is 0. The topological polar surface area (TPSA) is 51.5 Å². The summed E-state index contributed by atoms with van der Waals surface area (Å²) in [5.41, 5.74) is 3.00. The second-order valence-electron chi connectivity index (χ2n) is 5.24. The first-order valence-corrected chi connectivity index (χ1v) is 7.11. The van der Waals surface area contributed by atoms with E-state index in [0.717, 1.165) is 22.2 Å². The first-order chi connectivity index (χ1) is 10.6. The van der Waals surface area contributed by atoms with E-state index < -0.39 is 12.1 Å². The molecular weight excluding hydrogens is 278 g/mol.